The molecule has 0 fully saturated rings. The second kappa shape index (κ2) is 6.32. The van der Waals surface area contributed by atoms with Crippen LogP contribution >= 0.6 is 31.9 Å². The monoisotopic (exact) mass is 391 g/mol. The summed E-state index contributed by atoms with van der Waals surface area (Å²) in [6.45, 7) is 1.84. The Balaban J connectivity index is 2.81. The van der Waals surface area contributed by atoms with E-state index in [1.54, 1.807) is 6.92 Å². The van der Waals surface area contributed by atoms with Gasteiger partial charge in [-0.1, -0.05) is 0 Å². The molecule has 102 valence electrons. The van der Waals surface area contributed by atoms with Crippen LogP contribution in [0.5, 0.6) is 5.75 Å². The van der Waals surface area contributed by atoms with Gasteiger partial charge in [0.2, 0.25) is 0 Å². The Morgan fingerprint density at radius 1 is 1.53 bits per heavy atom. The van der Waals surface area contributed by atoms with Crippen molar-refractivity contribution in [2.75, 3.05) is 6.61 Å². The maximum Gasteiger partial charge on any atom is 0.271 e. The van der Waals surface area contributed by atoms with Gasteiger partial charge in [-0.2, -0.15) is 5.26 Å². The lowest BCUT2D eigenvalue weighted by molar-refractivity contribution is -0.385. The molecule has 2 N–H and O–H groups in total. The molecule has 19 heavy (non-hydrogen) atoms. The van der Waals surface area contributed by atoms with Gasteiger partial charge in [-0.15, -0.1) is 0 Å². The third-order valence-electron chi connectivity index (χ3n) is 2.32. The third kappa shape index (κ3) is 4.45. The Labute approximate surface area is 126 Å². The average molecular weight is 393 g/mol. The number of nitrogens with two attached hydrogens (primary N) is 1. The minimum atomic E-state index is -0.959. The highest BCUT2D eigenvalue weighted by molar-refractivity contribution is 9.11. The topological polar surface area (TPSA) is 102 Å². The lowest BCUT2D eigenvalue weighted by Crippen LogP contribution is -2.35. The first kappa shape index (κ1) is 15.9. The molecule has 0 aliphatic heterocycles. The standard InChI is InChI=1S/C11H11Br2N3O3/c1-11(15,6-14)2-3-19-10-8(12)4-7(16(17)18)5-9(10)13/h4-5H,2-3,15H2,1H3. The molecule has 6 nitrogen and oxygen atoms in total. The molecule has 1 atom stereocenters. The van der Waals surface area contributed by atoms with E-state index in [1.165, 1.54) is 12.1 Å². The first-order valence-corrected chi connectivity index (χ1v) is 6.82. The molecule has 1 aromatic carbocycles. The van der Waals surface area contributed by atoms with Crippen molar-refractivity contribution in [1.29, 1.82) is 5.26 Å². The Hall–Kier alpha value is -1.17. The summed E-state index contributed by atoms with van der Waals surface area (Å²) in [6, 6.07) is 4.67. The van der Waals surface area contributed by atoms with Gasteiger partial charge in [0.1, 0.15) is 11.3 Å². The van der Waals surface area contributed by atoms with Crippen LogP contribution in [-0.4, -0.2) is 17.1 Å². The molecule has 0 heterocycles. The number of ether oxygens (including phenoxy) is 1. The summed E-state index contributed by atoms with van der Waals surface area (Å²) in [5.41, 5.74) is 4.66. The SMILES string of the molecule is CC(N)(C#N)CCOc1c(Br)cc([N+](=O)[O-])cc1Br. The highest BCUT2D eigenvalue weighted by Crippen LogP contribution is 2.37. The molecule has 0 saturated carbocycles. The van der Waals surface area contributed by atoms with Crippen molar-refractivity contribution in [3.8, 4) is 11.8 Å². The van der Waals surface area contributed by atoms with Crippen molar-refractivity contribution in [3.05, 3.63) is 31.2 Å². The van der Waals surface area contributed by atoms with Crippen LogP contribution in [-0.2, 0) is 0 Å². The van der Waals surface area contributed by atoms with Crippen molar-refractivity contribution in [1.82, 2.24) is 0 Å². The van der Waals surface area contributed by atoms with E-state index < -0.39 is 10.5 Å². The van der Waals surface area contributed by atoms with Crippen LogP contribution in [0.4, 0.5) is 5.69 Å². The van der Waals surface area contributed by atoms with Crippen LogP contribution in [0, 0.1) is 21.4 Å². The molecule has 0 radical (unpaired) electrons. The maximum atomic E-state index is 10.7. The second-order valence-electron chi connectivity index (χ2n) is 4.12. The molecule has 8 heteroatoms. The van der Waals surface area contributed by atoms with E-state index >= 15 is 0 Å². The first-order valence-electron chi connectivity index (χ1n) is 5.23. The average Bonchev–Trinajstić information content (AvgIpc) is 2.32. The molecular weight excluding hydrogens is 382 g/mol. The minimum Gasteiger partial charge on any atom is -0.491 e. The summed E-state index contributed by atoms with van der Waals surface area (Å²) >= 11 is 6.42. The number of hydrogen-bond donors (Lipinski definition) is 1. The first-order chi connectivity index (χ1) is 8.76. The molecule has 0 aliphatic rings. The van der Waals surface area contributed by atoms with Gasteiger partial charge in [-0.3, -0.25) is 10.1 Å². The molecule has 0 aliphatic carbocycles. The summed E-state index contributed by atoms with van der Waals surface area (Å²) < 4.78 is 6.42. The zero-order valence-electron chi connectivity index (χ0n) is 10.0. The van der Waals surface area contributed by atoms with Crippen molar-refractivity contribution in [3.63, 3.8) is 0 Å². The largest absolute Gasteiger partial charge is 0.491 e. The minimum absolute atomic E-state index is 0.0493. The Morgan fingerprint density at radius 2 is 2.05 bits per heavy atom. The molecule has 0 bridgehead atoms. The van der Waals surface area contributed by atoms with Gasteiger partial charge in [0.25, 0.3) is 5.69 Å². The zero-order valence-corrected chi connectivity index (χ0v) is 13.2. The highest BCUT2D eigenvalue weighted by atomic mass is 79.9. The van der Waals surface area contributed by atoms with Crippen molar-refractivity contribution < 1.29 is 9.66 Å². The van der Waals surface area contributed by atoms with E-state index in [9.17, 15) is 10.1 Å². The number of nitrogens with zero attached hydrogens (tertiary/aromatic N) is 2. The van der Waals surface area contributed by atoms with E-state index in [2.05, 4.69) is 31.9 Å². The molecular formula is C11H11Br2N3O3. The summed E-state index contributed by atoms with van der Waals surface area (Å²) in [7, 11) is 0. The summed E-state index contributed by atoms with van der Waals surface area (Å²) in [6.07, 6.45) is 0.347. The maximum absolute atomic E-state index is 10.7. The number of nitriles is 1. The fourth-order valence-corrected chi connectivity index (χ4v) is 2.60. The molecule has 1 rings (SSSR count). The van der Waals surface area contributed by atoms with Gasteiger partial charge in [0, 0.05) is 18.6 Å². The molecule has 0 amide bonds. The van der Waals surface area contributed by atoms with E-state index in [1.807, 2.05) is 6.07 Å². The van der Waals surface area contributed by atoms with E-state index in [0.717, 1.165) is 0 Å². The highest BCUT2D eigenvalue weighted by Gasteiger charge is 2.19. The number of benzene rings is 1. The van der Waals surface area contributed by atoms with Crippen molar-refractivity contribution in [2.45, 2.75) is 18.9 Å². The Morgan fingerprint density at radius 3 is 2.47 bits per heavy atom. The van der Waals surface area contributed by atoms with Gasteiger partial charge in [-0.25, -0.2) is 0 Å². The number of hydrogen-bond acceptors (Lipinski definition) is 5. The van der Waals surface area contributed by atoms with Crippen LogP contribution in [0.3, 0.4) is 0 Å². The fourth-order valence-electron chi connectivity index (χ4n) is 1.21. The summed E-state index contributed by atoms with van der Waals surface area (Å²) in [5, 5.41) is 19.4. The van der Waals surface area contributed by atoms with Crippen LogP contribution in [0.2, 0.25) is 0 Å². The van der Waals surface area contributed by atoms with E-state index in [0.29, 0.717) is 21.1 Å². The predicted octanol–water partition coefficient (Wildman–Crippen LogP) is 3.13. The Bertz CT molecular complexity index is 517. The number of non-ortho nitro benzene ring substituents is 1. The summed E-state index contributed by atoms with van der Waals surface area (Å²) in [5.74, 6) is 0.444. The number of nitro groups is 1. The van der Waals surface area contributed by atoms with Crippen LogP contribution in [0.15, 0.2) is 21.1 Å². The van der Waals surface area contributed by atoms with Gasteiger partial charge < -0.3 is 10.5 Å². The number of rotatable bonds is 5. The van der Waals surface area contributed by atoms with Gasteiger partial charge >= 0.3 is 0 Å². The molecule has 1 aromatic rings. The molecule has 1 unspecified atom stereocenters. The quantitative estimate of drug-likeness (QED) is 0.612. The van der Waals surface area contributed by atoms with Crippen LogP contribution < -0.4 is 10.5 Å². The smallest absolute Gasteiger partial charge is 0.271 e. The molecule has 0 spiro atoms. The van der Waals surface area contributed by atoms with Gasteiger partial charge in [-0.05, 0) is 38.8 Å². The predicted molar refractivity (Wildman–Crippen MR) is 76.8 cm³/mol. The number of nitro benzene ring substituents is 1. The zero-order chi connectivity index (χ0) is 14.6. The van der Waals surface area contributed by atoms with Crippen LogP contribution in [0.1, 0.15) is 13.3 Å². The van der Waals surface area contributed by atoms with Gasteiger partial charge in [0.15, 0.2) is 0 Å². The van der Waals surface area contributed by atoms with E-state index in [-0.39, 0.29) is 12.3 Å². The van der Waals surface area contributed by atoms with Crippen molar-refractivity contribution >= 4 is 37.5 Å². The normalized spacial score (nSPS) is 13.4. The fraction of sp³-hybridized carbons (Fsp3) is 0.364. The molecule has 0 aromatic heterocycles. The number of halogens is 2. The lowest BCUT2D eigenvalue weighted by atomic mass is 10.0. The third-order valence-corrected chi connectivity index (χ3v) is 3.50. The molecule has 0 saturated heterocycles. The lowest BCUT2D eigenvalue weighted by Gasteiger charge is -2.16. The second-order valence-corrected chi connectivity index (χ2v) is 5.83. The van der Waals surface area contributed by atoms with E-state index in [4.69, 9.17) is 15.7 Å². The van der Waals surface area contributed by atoms with Crippen molar-refractivity contribution in [2.24, 2.45) is 5.73 Å². The van der Waals surface area contributed by atoms with Crippen LogP contribution in [0.25, 0.3) is 0 Å². The van der Waals surface area contributed by atoms with Gasteiger partial charge in [0.05, 0.1) is 26.5 Å². The summed E-state index contributed by atoms with van der Waals surface area (Å²) in [4.78, 5) is 10.2. The Kier molecular flexibility index (Phi) is 5.29.